The van der Waals surface area contributed by atoms with E-state index >= 15 is 0 Å². The lowest BCUT2D eigenvalue weighted by molar-refractivity contribution is 0.635. The van der Waals surface area contributed by atoms with E-state index in [1.165, 1.54) is 6.33 Å². The van der Waals surface area contributed by atoms with Crippen LogP contribution < -0.4 is 5.73 Å². The number of nitrogens with two attached hydrogens (primary N) is 1. The first kappa shape index (κ1) is 5.22. The molecule has 10 heavy (non-hydrogen) atoms. The number of aromatic nitrogens is 2. The number of fused-ring (bicyclic) bond motifs is 1. The quantitative estimate of drug-likeness (QED) is 0.580. The molecule has 0 saturated carbocycles. The van der Waals surface area contributed by atoms with Crippen LogP contribution in [0.3, 0.4) is 0 Å². The molecule has 0 aliphatic rings. The fourth-order valence-corrected chi connectivity index (χ4v) is 0.805. The minimum absolute atomic E-state index is 0.371. The molecule has 50 valence electrons. The Bertz CT molecular complexity index is 322. The predicted molar refractivity (Wildman–Crippen MR) is 36.2 cm³/mol. The van der Waals surface area contributed by atoms with E-state index in [1.807, 2.05) is 0 Å². The minimum atomic E-state index is 0.371. The topological polar surface area (TPSA) is 64.9 Å². The highest BCUT2D eigenvalue weighted by molar-refractivity contribution is 5.74. The molecule has 0 atom stereocenters. The van der Waals surface area contributed by atoms with Gasteiger partial charge in [-0.1, -0.05) is 0 Å². The lowest BCUT2D eigenvalue weighted by Gasteiger charge is -1.80. The van der Waals surface area contributed by atoms with Crippen LogP contribution in [-0.2, 0) is 0 Å². The fraction of sp³-hybridized carbons (Fsp3) is 0. The summed E-state index contributed by atoms with van der Waals surface area (Å²) in [5.41, 5.74) is 6.72. The highest BCUT2D eigenvalue weighted by Gasteiger charge is 1.98. The van der Waals surface area contributed by atoms with Crippen LogP contribution in [0.1, 0.15) is 0 Å². The average molecular weight is 135 g/mol. The summed E-state index contributed by atoms with van der Waals surface area (Å²) in [4.78, 5) is 7.68. The van der Waals surface area contributed by atoms with Gasteiger partial charge < -0.3 is 10.2 Å². The average Bonchev–Trinajstić information content (AvgIpc) is 2.27. The molecule has 0 aliphatic heterocycles. The predicted octanol–water partition coefficient (Wildman–Crippen LogP) is 0.805. The Morgan fingerprint density at radius 3 is 3.20 bits per heavy atom. The third-order valence-corrected chi connectivity index (χ3v) is 1.21. The zero-order valence-corrected chi connectivity index (χ0v) is 5.11. The third-order valence-electron chi connectivity index (χ3n) is 1.21. The normalized spacial score (nSPS) is 10.4. The molecule has 0 amide bonds. The van der Waals surface area contributed by atoms with Crippen molar-refractivity contribution in [3.05, 3.63) is 18.6 Å². The zero-order valence-electron chi connectivity index (χ0n) is 5.11. The molecule has 0 aliphatic carbocycles. The molecule has 2 rings (SSSR count). The summed E-state index contributed by atoms with van der Waals surface area (Å²) in [7, 11) is 0. The maximum Gasteiger partial charge on any atom is 0.193 e. The number of furan rings is 1. The molecular weight excluding hydrogens is 130 g/mol. The van der Waals surface area contributed by atoms with E-state index in [4.69, 9.17) is 10.2 Å². The first-order chi connectivity index (χ1) is 4.86. The first-order valence-electron chi connectivity index (χ1n) is 2.81. The summed E-state index contributed by atoms with van der Waals surface area (Å²) >= 11 is 0. The molecule has 4 nitrogen and oxygen atoms in total. The van der Waals surface area contributed by atoms with Crippen LogP contribution in [0.25, 0.3) is 11.1 Å². The summed E-state index contributed by atoms with van der Waals surface area (Å²) in [6.45, 7) is 0. The maximum atomic E-state index is 5.36. The highest BCUT2D eigenvalue weighted by Crippen LogP contribution is 2.15. The van der Waals surface area contributed by atoms with Crippen molar-refractivity contribution in [1.82, 2.24) is 9.97 Å². The summed E-state index contributed by atoms with van der Waals surface area (Å²) in [6, 6.07) is 1.66. The van der Waals surface area contributed by atoms with E-state index in [0.717, 1.165) is 5.52 Å². The van der Waals surface area contributed by atoms with Gasteiger partial charge in [0.05, 0.1) is 6.20 Å². The summed E-state index contributed by atoms with van der Waals surface area (Å²) < 4.78 is 5.02. The fourth-order valence-electron chi connectivity index (χ4n) is 0.805. The smallest absolute Gasteiger partial charge is 0.193 e. The van der Waals surface area contributed by atoms with Gasteiger partial charge >= 0.3 is 0 Å². The van der Waals surface area contributed by atoms with E-state index in [-0.39, 0.29) is 0 Å². The molecule has 0 fully saturated rings. The second-order valence-corrected chi connectivity index (χ2v) is 1.92. The van der Waals surface area contributed by atoms with Gasteiger partial charge in [0.2, 0.25) is 0 Å². The van der Waals surface area contributed by atoms with Crippen LogP contribution in [-0.4, -0.2) is 9.97 Å². The van der Waals surface area contributed by atoms with Crippen molar-refractivity contribution in [3.8, 4) is 0 Å². The highest BCUT2D eigenvalue weighted by atomic mass is 16.3. The number of nitrogens with zero attached hydrogens (tertiary/aromatic N) is 2. The van der Waals surface area contributed by atoms with E-state index in [9.17, 15) is 0 Å². The van der Waals surface area contributed by atoms with Gasteiger partial charge in [-0.05, 0) is 0 Å². The van der Waals surface area contributed by atoms with Crippen LogP contribution in [0, 0.1) is 0 Å². The molecule has 4 heteroatoms. The molecule has 0 radical (unpaired) electrons. The van der Waals surface area contributed by atoms with Gasteiger partial charge in [0, 0.05) is 6.07 Å². The largest absolute Gasteiger partial charge is 0.438 e. The molecule has 2 aromatic heterocycles. The van der Waals surface area contributed by atoms with Crippen molar-refractivity contribution in [3.63, 3.8) is 0 Å². The molecule has 0 aromatic carbocycles. The molecule has 0 saturated heterocycles. The Kier molecular flexibility index (Phi) is 0.887. The first-order valence-corrected chi connectivity index (χ1v) is 2.81. The van der Waals surface area contributed by atoms with Crippen LogP contribution in [0.15, 0.2) is 23.0 Å². The monoisotopic (exact) mass is 135 g/mol. The second kappa shape index (κ2) is 1.70. The van der Waals surface area contributed by atoms with Gasteiger partial charge in [-0.3, -0.25) is 0 Å². The van der Waals surface area contributed by atoms with Gasteiger partial charge in [0.1, 0.15) is 11.8 Å². The Hall–Kier alpha value is -1.58. The molecule has 2 N–H and O–H groups in total. The molecule has 2 heterocycles. The summed E-state index contributed by atoms with van der Waals surface area (Å²) in [5, 5.41) is 0. The SMILES string of the molecule is Nc1cc2ncncc2o1. The lowest BCUT2D eigenvalue weighted by atomic mass is 10.5. The van der Waals surface area contributed by atoms with Gasteiger partial charge in [0.25, 0.3) is 0 Å². The summed E-state index contributed by atoms with van der Waals surface area (Å²) in [6.07, 6.45) is 3.04. The van der Waals surface area contributed by atoms with Crippen molar-refractivity contribution < 1.29 is 4.42 Å². The van der Waals surface area contributed by atoms with E-state index in [1.54, 1.807) is 12.3 Å². The van der Waals surface area contributed by atoms with E-state index < -0.39 is 0 Å². The van der Waals surface area contributed by atoms with Gasteiger partial charge in [-0.2, -0.15) is 0 Å². The van der Waals surface area contributed by atoms with Crippen LogP contribution >= 0.6 is 0 Å². The van der Waals surface area contributed by atoms with Crippen molar-refractivity contribution in [2.24, 2.45) is 0 Å². The number of rotatable bonds is 0. The molecule has 0 spiro atoms. The Morgan fingerprint density at radius 1 is 1.50 bits per heavy atom. The van der Waals surface area contributed by atoms with Gasteiger partial charge in [-0.15, -0.1) is 0 Å². The minimum Gasteiger partial charge on any atom is -0.438 e. The standard InChI is InChI=1S/C6H5N3O/c7-6-1-4-5(10-6)2-8-3-9-4/h1-3H,7H2. The molecule has 0 unspecified atom stereocenters. The zero-order chi connectivity index (χ0) is 6.97. The van der Waals surface area contributed by atoms with Gasteiger partial charge in [-0.25, -0.2) is 9.97 Å². The Morgan fingerprint density at radius 2 is 2.40 bits per heavy atom. The van der Waals surface area contributed by atoms with Crippen LogP contribution in [0.2, 0.25) is 0 Å². The number of nitrogen functional groups attached to an aromatic ring is 1. The number of anilines is 1. The van der Waals surface area contributed by atoms with Crippen molar-refractivity contribution in [2.75, 3.05) is 5.73 Å². The van der Waals surface area contributed by atoms with Gasteiger partial charge in [0.15, 0.2) is 11.5 Å². The number of hydrogen-bond donors (Lipinski definition) is 1. The number of hydrogen-bond acceptors (Lipinski definition) is 4. The third kappa shape index (κ3) is 0.621. The van der Waals surface area contributed by atoms with Crippen molar-refractivity contribution >= 4 is 17.0 Å². The Balaban J connectivity index is 2.88. The lowest BCUT2D eigenvalue weighted by Crippen LogP contribution is -1.75. The molecular formula is C6H5N3O. The van der Waals surface area contributed by atoms with E-state index in [2.05, 4.69) is 9.97 Å². The molecule has 2 aromatic rings. The van der Waals surface area contributed by atoms with Crippen LogP contribution in [0.5, 0.6) is 0 Å². The Labute approximate surface area is 56.7 Å². The second-order valence-electron chi connectivity index (χ2n) is 1.92. The van der Waals surface area contributed by atoms with Crippen molar-refractivity contribution in [2.45, 2.75) is 0 Å². The van der Waals surface area contributed by atoms with Crippen LogP contribution in [0.4, 0.5) is 5.88 Å². The summed E-state index contributed by atoms with van der Waals surface area (Å²) in [5.74, 6) is 0.371. The van der Waals surface area contributed by atoms with E-state index in [0.29, 0.717) is 11.5 Å². The van der Waals surface area contributed by atoms with Crippen molar-refractivity contribution in [1.29, 1.82) is 0 Å². The maximum absolute atomic E-state index is 5.36. The molecule has 0 bridgehead atoms.